The molecule has 3 fully saturated rings. The molecule has 5 heteroatoms. The molecule has 0 aromatic heterocycles. The molecule has 0 atom stereocenters. The third-order valence-corrected chi connectivity index (χ3v) is 5.51. The maximum Gasteiger partial charge on any atom is 0.391 e. The van der Waals surface area contributed by atoms with Crippen molar-refractivity contribution in [1.29, 1.82) is 0 Å². The Bertz CT molecular complexity index is 340. The van der Waals surface area contributed by atoms with Crippen molar-refractivity contribution in [3.8, 4) is 0 Å². The van der Waals surface area contributed by atoms with Crippen LogP contribution in [0, 0.1) is 11.8 Å². The fourth-order valence-corrected chi connectivity index (χ4v) is 3.79. The molecule has 3 aliphatic rings. The molecule has 0 aromatic carbocycles. The predicted molar refractivity (Wildman–Crippen MR) is 72.3 cm³/mol. The molecule has 0 heterocycles. The monoisotopic (exact) mass is 290 g/mol. The Kier molecular flexibility index (Phi) is 3.78. The lowest BCUT2D eigenvalue weighted by Gasteiger charge is -2.48. The zero-order chi connectivity index (χ0) is 14.4. The normalized spacial score (nSPS) is 35.5. The Balaban J connectivity index is 1.67. The number of alkyl halides is 3. The van der Waals surface area contributed by atoms with E-state index in [-0.39, 0.29) is 18.4 Å². The van der Waals surface area contributed by atoms with Gasteiger partial charge in [0.25, 0.3) is 0 Å². The van der Waals surface area contributed by atoms with Crippen molar-refractivity contribution in [2.24, 2.45) is 17.6 Å². The first-order valence-corrected chi connectivity index (χ1v) is 7.98. The van der Waals surface area contributed by atoms with Crippen LogP contribution >= 0.6 is 0 Å². The van der Waals surface area contributed by atoms with Gasteiger partial charge in [0.05, 0.1) is 5.92 Å². The summed E-state index contributed by atoms with van der Waals surface area (Å²) in [4.78, 5) is 2.51. The molecule has 0 aliphatic heterocycles. The number of hydrogen-bond acceptors (Lipinski definition) is 2. The Labute approximate surface area is 118 Å². The van der Waals surface area contributed by atoms with Crippen LogP contribution in [0.1, 0.15) is 51.4 Å². The number of nitrogens with zero attached hydrogens (tertiary/aromatic N) is 1. The number of hydrogen-bond donors (Lipinski definition) is 1. The van der Waals surface area contributed by atoms with Crippen molar-refractivity contribution in [3.63, 3.8) is 0 Å². The minimum absolute atomic E-state index is 0.147. The molecule has 0 spiro atoms. The van der Waals surface area contributed by atoms with Crippen LogP contribution in [0.25, 0.3) is 0 Å². The summed E-state index contributed by atoms with van der Waals surface area (Å²) in [6.07, 6.45) is 2.72. The summed E-state index contributed by atoms with van der Waals surface area (Å²) in [5, 5.41) is 0. The first-order valence-electron chi connectivity index (χ1n) is 7.98. The first kappa shape index (κ1) is 14.6. The fourth-order valence-electron chi connectivity index (χ4n) is 3.79. The number of rotatable bonds is 5. The molecule has 0 radical (unpaired) electrons. The maximum atomic E-state index is 12.8. The lowest BCUT2D eigenvalue weighted by atomic mass is 9.74. The molecule has 0 bridgehead atoms. The molecule has 20 heavy (non-hydrogen) atoms. The minimum atomic E-state index is -4.03. The summed E-state index contributed by atoms with van der Waals surface area (Å²) in [5.41, 5.74) is 5.89. The summed E-state index contributed by atoms with van der Waals surface area (Å²) in [6, 6.07) is 0.599. The van der Waals surface area contributed by atoms with E-state index in [4.69, 9.17) is 5.73 Å². The van der Waals surface area contributed by atoms with Crippen molar-refractivity contribution >= 4 is 0 Å². The zero-order valence-corrected chi connectivity index (χ0v) is 12.0. The van der Waals surface area contributed by atoms with Gasteiger partial charge in [0.2, 0.25) is 0 Å². The SMILES string of the molecule is NCC1(N(CC2CC2)C2CC2)CCC(C(F)(F)F)CC1. The second-order valence-electron chi connectivity index (χ2n) is 7.07. The molecular weight excluding hydrogens is 265 g/mol. The summed E-state index contributed by atoms with van der Waals surface area (Å²) < 4.78 is 38.5. The molecule has 0 saturated heterocycles. The van der Waals surface area contributed by atoms with Crippen molar-refractivity contribution in [2.45, 2.75) is 69.1 Å². The highest BCUT2D eigenvalue weighted by Gasteiger charge is 2.50. The first-order chi connectivity index (χ1) is 9.44. The molecule has 0 aromatic rings. The van der Waals surface area contributed by atoms with E-state index in [9.17, 15) is 13.2 Å². The van der Waals surface area contributed by atoms with E-state index < -0.39 is 12.1 Å². The summed E-state index contributed by atoms with van der Waals surface area (Å²) in [5.74, 6) is -0.330. The van der Waals surface area contributed by atoms with E-state index in [1.165, 1.54) is 25.7 Å². The van der Waals surface area contributed by atoms with Crippen LogP contribution in [-0.2, 0) is 0 Å². The van der Waals surface area contributed by atoms with Crippen LogP contribution in [0.2, 0.25) is 0 Å². The van der Waals surface area contributed by atoms with Gasteiger partial charge in [0.1, 0.15) is 0 Å². The van der Waals surface area contributed by atoms with Gasteiger partial charge in [-0.15, -0.1) is 0 Å². The highest BCUT2D eigenvalue weighted by atomic mass is 19.4. The molecule has 3 aliphatic carbocycles. The Morgan fingerprint density at radius 3 is 2.00 bits per heavy atom. The van der Waals surface area contributed by atoms with Gasteiger partial charge in [0.15, 0.2) is 0 Å². The van der Waals surface area contributed by atoms with Crippen molar-refractivity contribution in [3.05, 3.63) is 0 Å². The molecule has 2 N–H and O–H groups in total. The van der Waals surface area contributed by atoms with Gasteiger partial charge in [0, 0.05) is 24.7 Å². The highest BCUT2D eigenvalue weighted by Crippen LogP contribution is 2.47. The van der Waals surface area contributed by atoms with E-state index in [2.05, 4.69) is 4.90 Å². The van der Waals surface area contributed by atoms with Gasteiger partial charge < -0.3 is 5.73 Å². The van der Waals surface area contributed by atoms with E-state index in [0.717, 1.165) is 12.5 Å². The average Bonchev–Trinajstić information content (AvgIpc) is 3.27. The van der Waals surface area contributed by atoms with Crippen LogP contribution in [0.15, 0.2) is 0 Å². The van der Waals surface area contributed by atoms with Crippen LogP contribution in [0.4, 0.5) is 13.2 Å². The fraction of sp³-hybridized carbons (Fsp3) is 1.00. The maximum absolute atomic E-state index is 12.8. The Hall–Kier alpha value is -0.290. The molecule has 3 rings (SSSR count). The van der Waals surface area contributed by atoms with E-state index in [1.54, 1.807) is 0 Å². The van der Waals surface area contributed by atoms with Gasteiger partial charge in [-0.05, 0) is 57.3 Å². The molecule has 2 nitrogen and oxygen atoms in total. The summed E-state index contributed by atoms with van der Waals surface area (Å²) >= 11 is 0. The van der Waals surface area contributed by atoms with E-state index in [0.29, 0.717) is 25.4 Å². The molecule has 0 unspecified atom stereocenters. The van der Waals surface area contributed by atoms with Crippen LogP contribution in [-0.4, -0.2) is 35.7 Å². The quantitative estimate of drug-likeness (QED) is 0.841. The largest absolute Gasteiger partial charge is 0.391 e. The number of halogens is 3. The highest BCUT2D eigenvalue weighted by molar-refractivity contribution is 5.03. The second-order valence-corrected chi connectivity index (χ2v) is 7.07. The van der Waals surface area contributed by atoms with Crippen molar-refractivity contribution in [2.75, 3.05) is 13.1 Å². The van der Waals surface area contributed by atoms with Crippen LogP contribution < -0.4 is 5.73 Å². The summed E-state index contributed by atoms with van der Waals surface area (Å²) in [6.45, 7) is 1.58. The second kappa shape index (κ2) is 5.16. The Morgan fingerprint density at radius 2 is 1.60 bits per heavy atom. The summed E-state index contributed by atoms with van der Waals surface area (Å²) in [7, 11) is 0. The van der Waals surface area contributed by atoms with Gasteiger partial charge in [-0.2, -0.15) is 13.2 Å². The predicted octanol–water partition coefficient (Wildman–Crippen LogP) is 3.31. The lowest BCUT2D eigenvalue weighted by Crippen LogP contribution is -2.58. The van der Waals surface area contributed by atoms with E-state index in [1.807, 2.05) is 0 Å². The third-order valence-electron chi connectivity index (χ3n) is 5.51. The van der Waals surface area contributed by atoms with Crippen molar-refractivity contribution in [1.82, 2.24) is 4.90 Å². The zero-order valence-electron chi connectivity index (χ0n) is 12.0. The number of nitrogens with two attached hydrogens (primary N) is 1. The standard InChI is InChI=1S/C15H25F3N2/c16-15(17,18)12-5-7-14(10-19,8-6-12)20(13-3-4-13)9-11-1-2-11/h11-13H,1-10,19H2. The third kappa shape index (κ3) is 2.98. The van der Waals surface area contributed by atoms with Gasteiger partial charge in [-0.25, -0.2) is 0 Å². The Morgan fingerprint density at radius 1 is 1.00 bits per heavy atom. The topological polar surface area (TPSA) is 29.3 Å². The molecule has 0 amide bonds. The average molecular weight is 290 g/mol. The van der Waals surface area contributed by atoms with Crippen molar-refractivity contribution < 1.29 is 13.2 Å². The van der Waals surface area contributed by atoms with Gasteiger partial charge in [-0.3, -0.25) is 4.90 Å². The van der Waals surface area contributed by atoms with Gasteiger partial charge in [-0.1, -0.05) is 0 Å². The smallest absolute Gasteiger partial charge is 0.329 e. The van der Waals surface area contributed by atoms with Gasteiger partial charge >= 0.3 is 6.18 Å². The van der Waals surface area contributed by atoms with E-state index >= 15 is 0 Å². The molecular formula is C15H25F3N2. The minimum Gasteiger partial charge on any atom is -0.329 e. The van der Waals surface area contributed by atoms with Crippen LogP contribution in [0.3, 0.4) is 0 Å². The lowest BCUT2D eigenvalue weighted by molar-refractivity contribution is -0.188. The molecule has 116 valence electrons. The van der Waals surface area contributed by atoms with Crippen LogP contribution in [0.5, 0.6) is 0 Å². The molecule has 3 saturated carbocycles.